The van der Waals surface area contributed by atoms with Crippen LogP contribution in [0.1, 0.15) is 22.7 Å². The molecule has 0 bridgehead atoms. The smallest absolute Gasteiger partial charge is 0.358 e. The molecule has 1 aliphatic rings. The number of carbonyl (C=O) groups excluding carboxylic acids is 2. The molecule has 0 saturated carbocycles. The molecule has 1 aliphatic heterocycles. The number of nitrogens with zero attached hydrogens (tertiary/aromatic N) is 2. The maximum Gasteiger partial charge on any atom is 0.358 e. The monoisotopic (exact) mass is 256 g/mol. The molecule has 0 radical (unpaired) electrons. The maximum absolute atomic E-state index is 11.5. The predicted octanol–water partition coefficient (Wildman–Crippen LogP) is 0.958. The van der Waals surface area contributed by atoms with Crippen molar-refractivity contribution in [3.63, 3.8) is 0 Å². The number of rotatable bonds is 3. The molecule has 17 heavy (non-hydrogen) atoms. The van der Waals surface area contributed by atoms with Crippen molar-refractivity contribution in [3.05, 3.63) is 17.5 Å². The summed E-state index contributed by atoms with van der Waals surface area (Å²) in [6, 6.07) is 1.20. The van der Waals surface area contributed by atoms with Gasteiger partial charge in [0.1, 0.15) is 0 Å². The highest BCUT2D eigenvalue weighted by Crippen LogP contribution is 2.20. The van der Waals surface area contributed by atoms with Crippen LogP contribution in [0.25, 0.3) is 0 Å². The third-order valence-corrected chi connectivity index (χ3v) is 3.03. The molecule has 0 atom stereocenters. The zero-order valence-electron chi connectivity index (χ0n) is 8.58. The lowest BCUT2D eigenvalue weighted by Gasteiger charge is -2.22. The van der Waals surface area contributed by atoms with Gasteiger partial charge in [-0.3, -0.25) is 14.5 Å². The summed E-state index contributed by atoms with van der Waals surface area (Å²) in [6.45, 7) is -0.0784. The first kappa shape index (κ1) is 11.6. The van der Waals surface area contributed by atoms with Gasteiger partial charge in [-0.25, -0.2) is 4.79 Å². The second-order valence-corrected chi connectivity index (χ2v) is 4.37. The van der Waals surface area contributed by atoms with Gasteiger partial charge < -0.3 is 9.63 Å². The Morgan fingerprint density at radius 3 is 2.94 bits per heavy atom. The third-order valence-electron chi connectivity index (χ3n) is 2.15. The second-order valence-electron chi connectivity index (χ2n) is 3.33. The van der Waals surface area contributed by atoms with Gasteiger partial charge in [-0.05, 0) is 0 Å². The highest BCUT2D eigenvalue weighted by molar-refractivity contribution is 8.13. The van der Waals surface area contributed by atoms with Crippen molar-refractivity contribution in [2.45, 2.75) is 13.0 Å². The topological polar surface area (TPSA) is 101 Å². The average molecular weight is 256 g/mol. The summed E-state index contributed by atoms with van der Waals surface area (Å²) in [5, 5.41) is 11.6. The summed E-state index contributed by atoms with van der Waals surface area (Å²) in [5.74, 6) is -0.857. The third kappa shape index (κ3) is 2.47. The molecule has 1 fully saturated rings. The summed E-state index contributed by atoms with van der Waals surface area (Å²) in [4.78, 5) is 34.5. The minimum atomic E-state index is -1.22. The molecule has 7 nitrogen and oxygen atoms in total. The number of aromatic nitrogens is 1. The van der Waals surface area contributed by atoms with Gasteiger partial charge in [0.25, 0.3) is 5.24 Å². The molecule has 0 spiro atoms. The fourth-order valence-corrected chi connectivity index (χ4v) is 2.11. The highest BCUT2D eigenvalue weighted by atomic mass is 32.2. The van der Waals surface area contributed by atoms with Crippen LogP contribution in [-0.2, 0) is 11.3 Å². The van der Waals surface area contributed by atoms with Crippen LogP contribution in [-0.4, -0.2) is 38.0 Å². The number of amides is 2. The Labute approximate surface area is 99.7 Å². The first-order valence-electron chi connectivity index (χ1n) is 4.74. The number of hydrogen-bond acceptors (Lipinski definition) is 6. The van der Waals surface area contributed by atoms with Gasteiger partial charge in [0.2, 0.25) is 5.91 Å². The Morgan fingerprint density at radius 2 is 2.35 bits per heavy atom. The largest absolute Gasteiger partial charge is 0.476 e. The van der Waals surface area contributed by atoms with Gasteiger partial charge in [-0.2, -0.15) is 0 Å². The standard InChI is InChI=1S/C9H8N2O5S/c12-7-1-2-17-9(15)11(7)4-5-3-6(8(13)14)10-16-5/h3H,1-2,4H2,(H,13,14). The summed E-state index contributed by atoms with van der Waals surface area (Å²) >= 11 is 1.05. The van der Waals surface area contributed by atoms with E-state index in [4.69, 9.17) is 9.63 Å². The van der Waals surface area contributed by atoms with Gasteiger partial charge in [0, 0.05) is 18.2 Å². The van der Waals surface area contributed by atoms with E-state index < -0.39 is 5.97 Å². The fourth-order valence-electron chi connectivity index (χ4n) is 1.34. The van der Waals surface area contributed by atoms with E-state index in [0.29, 0.717) is 5.75 Å². The molecule has 0 aliphatic carbocycles. The molecule has 0 aromatic carbocycles. The summed E-state index contributed by atoms with van der Waals surface area (Å²) in [5.41, 5.74) is -0.246. The first-order chi connectivity index (χ1) is 8.08. The minimum absolute atomic E-state index is 0.0784. The first-order valence-corrected chi connectivity index (χ1v) is 5.72. The Morgan fingerprint density at radius 1 is 1.59 bits per heavy atom. The van der Waals surface area contributed by atoms with Gasteiger partial charge in [-0.1, -0.05) is 16.9 Å². The van der Waals surface area contributed by atoms with Crippen molar-refractivity contribution in [3.8, 4) is 0 Å². The highest BCUT2D eigenvalue weighted by Gasteiger charge is 2.28. The van der Waals surface area contributed by atoms with Crippen LogP contribution in [0.3, 0.4) is 0 Å². The molecule has 1 saturated heterocycles. The van der Waals surface area contributed by atoms with Crippen LogP contribution in [0.15, 0.2) is 10.6 Å². The van der Waals surface area contributed by atoms with Crippen LogP contribution in [0.2, 0.25) is 0 Å². The lowest BCUT2D eigenvalue weighted by molar-refractivity contribution is -0.128. The Bertz CT molecular complexity index is 467. The Kier molecular flexibility index (Phi) is 3.14. The molecule has 1 N–H and O–H groups in total. The van der Waals surface area contributed by atoms with Crippen molar-refractivity contribution >= 4 is 28.9 Å². The molecule has 2 amide bonds. The van der Waals surface area contributed by atoms with Crippen LogP contribution in [0.4, 0.5) is 4.79 Å². The molecule has 1 aromatic rings. The predicted molar refractivity (Wildman–Crippen MR) is 56.5 cm³/mol. The van der Waals surface area contributed by atoms with Gasteiger partial charge in [0.15, 0.2) is 11.5 Å². The van der Waals surface area contributed by atoms with Gasteiger partial charge in [-0.15, -0.1) is 0 Å². The van der Waals surface area contributed by atoms with E-state index in [9.17, 15) is 14.4 Å². The normalized spacial score (nSPS) is 16.4. The molecule has 2 rings (SSSR count). The second kappa shape index (κ2) is 4.58. The SMILES string of the molecule is O=C(O)c1cc(CN2C(=O)CCSC2=O)on1. The lowest BCUT2D eigenvalue weighted by atomic mass is 10.3. The molecule has 90 valence electrons. The van der Waals surface area contributed by atoms with Gasteiger partial charge >= 0.3 is 5.97 Å². The lowest BCUT2D eigenvalue weighted by Crippen LogP contribution is -2.37. The van der Waals surface area contributed by atoms with Gasteiger partial charge in [0.05, 0.1) is 6.54 Å². The summed E-state index contributed by atoms with van der Waals surface area (Å²) < 4.78 is 4.74. The fraction of sp³-hybridized carbons (Fsp3) is 0.333. The quantitative estimate of drug-likeness (QED) is 0.859. The number of imide groups is 1. The molecular formula is C9H8N2O5S. The summed E-state index contributed by atoms with van der Waals surface area (Å²) in [7, 11) is 0. The average Bonchev–Trinajstić information content (AvgIpc) is 2.72. The van der Waals surface area contributed by atoms with Crippen molar-refractivity contribution in [1.29, 1.82) is 0 Å². The zero-order valence-corrected chi connectivity index (χ0v) is 9.40. The van der Waals surface area contributed by atoms with Crippen molar-refractivity contribution in [1.82, 2.24) is 10.1 Å². The van der Waals surface area contributed by atoms with Crippen LogP contribution in [0.5, 0.6) is 0 Å². The molecule has 8 heteroatoms. The van der Waals surface area contributed by atoms with Crippen molar-refractivity contribution < 1.29 is 24.0 Å². The van der Waals surface area contributed by atoms with Crippen LogP contribution in [0, 0.1) is 0 Å². The summed E-state index contributed by atoms with van der Waals surface area (Å²) in [6.07, 6.45) is 0.288. The van der Waals surface area contributed by atoms with Crippen LogP contribution < -0.4 is 0 Å². The number of carbonyl (C=O) groups is 3. The molecule has 0 unspecified atom stereocenters. The molecule has 1 aromatic heterocycles. The Hall–Kier alpha value is -1.83. The van der Waals surface area contributed by atoms with E-state index in [2.05, 4.69) is 5.16 Å². The maximum atomic E-state index is 11.5. The number of aromatic carboxylic acids is 1. The molecule has 2 heterocycles. The van der Waals surface area contributed by atoms with E-state index in [-0.39, 0.29) is 35.6 Å². The van der Waals surface area contributed by atoms with Crippen LogP contribution >= 0.6 is 11.8 Å². The minimum Gasteiger partial charge on any atom is -0.476 e. The van der Waals surface area contributed by atoms with E-state index in [1.807, 2.05) is 0 Å². The number of carboxylic acids is 1. The number of thioether (sulfide) groups is 1. The van der Waals surface area contributed by atoms with Crippen molar-refractivity contribution in [2.24, 2.45) is 0 Å². The zero-order chi connectivity index (χ0) is 12.4. The van der Waals surface area contributed by atoms with E-state index in [0.717, 1.165) is 16.7 Å². The number of hydrogen-bond donors (Lipinski definition) is 1. The van der Waals surface area contributed by atoms with E-state index in [1.165, 1.54) is 6.07 Å². The molecular weight excluding hydrogens is 248 g/mol. The Balaban J connectivity index is 2.11. The van der Waals surface area contributed by atoms with Crippen molar-refractivity contribution in [2.75, 3.05) is 5.75 Å². The van der Waals surface area contributed by atoms with E-state index >= 15 is 0 Å². The number of carboxylic acid groups (broad SMARTS) is 1. The van der Waals surface area contributed by atoms with E-state index in [1.54, 1.807) is 0 Å².